The standard InChI is InChI=1S/C9H12N2/c1-7(6-10-3)9-4-5-11-8(9)2/h4-6,11H,3H2,1-2H3/b7-6-. The van der Waals surface area contributed by atoms with E-state index in [-0.39, 0.29) is 0 Å². The van der Waals surface area contributed by atoms with E-state index in [4.69, 9.17) is 0 Å². The molecule has 0 bridgehead atoms. The molecule has 0 unspecified atom stereocenters. The normalized spacial score (nSPS) is 11.6. The maximum absolute atomic E-state index is 3.71. The number of aromatic nitrogens is 1. The molecule has 0 saturated heterocycles. The second-order valence-electron chi connectivity index (χ2n) is 2.51. The van der Waals surface area contributed by atoms with Crippen LogP contribution in [0.5, 0.6) is 0 Å². The maximum atomic E-state index is 3.71. The minimum Gasteiger partial charge on any atom is -0.365 e. The number of hydrogen-bond donors (Lipinski definition) is 1. The molecule has 0 atom stereocenters. The predicted molar refractivity (Wildman–Crippen MR) is 48.7 cm³/mol. The Morgan fingerprint density at radius 2 is 2.45 bits per heavy atom. The molecule has 1 heterocycles. The lowest BCUT2D eigenvalue weighted by molar-refractivity contribution is 1.25. The Bertz CT molecular complexity index is 282. The average Bonchev–Trinajstić information content (AvgIpc) is 2.36. The van der Waals surface area contributed by atoms with Crippen LogP contribution in [0.25, 0.3) is 5.57 Å². The molecule has 0 aliphatic carbocycles. The van der Waals surface area contributed by atoms with Crippen LogP contribution in [0, 0.1) is 6.92 Å². The minimum absolute atomic E-state index is 1.14. The lowest BCUT2D eigenvalue weighted by Crippen LogP contribution is -1.79. The highest BCUT2D eigenvalue weighted by atomic mass is 14.7. The topological polar surface area (TPSA) is 28.1 Å². The van der Waals surface area contributed by atoms with Gasteiger partial charge in [-0.1, -0.05) is 0 Å². The molecule has 11 heavy (non-hydrogen) atoms. The fourth-order valence-corrected chi connectivity index (χ4v) is 1.09. The fraction of sp³-hybridized carbons (Fsp3) is 0.222. The monoisotopic (exact) mass is 148 g/mol. The van der Waals surface area contributed by atoms with Gasteiger partial charge in [0.15, 0.2) is 0 Å². The molecule has 0 aliphatic heterocycles. The molecule has 1 rings (SSSR count). The first kappa shape index (κ1) is 7.79. The summed E-state index contributed by atoms with van der Waals surface area (Å²) in [4.78, 5) is 6.81. The Morgan fingerprint density at radius 1 is 1.73 bits per heavy atom. The minimum atomic E-state index is 1.14. The molecular formula is C9H12N2. The van der Waals surface area contributed by atoms with Crippen LogP contribution in [0.3, 0.4) is 0 Å². The predicted octanol–water partition coefficient (Wildman–Crippen LogP) is 2.38. The van der Waals surface area contributed by atoms with Crippen LogP contribution in [-0.4, -0.2) is 11.7 Å². The second kappa shape index (κ2) is 3.19. The summed E-state index contributed by atoms with van der Waals surface area (Å²) in [6.45, 7) is 7.46. The zero-order valence-corrected chi connectivity index (χ0v) is 6.89. The molecule has 0 fully saturated rings. The van der Waals surface area contributed by atoms with Gasteiger partial charge >= 0.3 is 0 Å². The largest absolute Gasteiger partial charge is 0.365 e. The quantitative estimate of drug-likeness (QED) is 0.624. The maximum Gasteiger partial charge on any atom is 0.0296 e. The second-order valence-corrected chi connectivity index (χ2v) is 2.51. The zero-order valence-electron chi connectivity index (χ0n) is 6.89. The van der Waals surface area contributed by atoms with Crippen molar-refractivity contribution < 1.29 is 0 Å². The summed E-state index contributed by atoms with van der Waals surface area (Å²) in [5.41, 5.74) is 3.51. The summed E-state index contributed by atoms with van der Waals surface area (Å²) in [5, 5.41) is 0. The van der Waals surface area contributed by atoms with Gasteiger partial charge in [-0.3, -0.25) is 4.99 Å². The molecule has 0 spiro atoms. The lowest BCUT2D eigenvalue weighted by atomic mass is 10.1. The molecule has 0 aliphatic rings. The van der Waals surface area contributed by atoms with Crippen molar-refractivity contribution >= 4 is 12.3 Å². The molecule has 0 amide bonds. The molecule has 2 heteroatoms. The van der Waals surface area contributed by atoms with E-state index in [0.29, 0.717) is 0 Å². The highest BCUT2D eigenvalue weighted by molar-refractivity contribution is 5.65. The van der Waals surface area contributed by atoms with Gasteiger partial charge in [0.25, 0.3) is 0 Å². The highest BCUT2D eigenvalue weighted by Gasteiger charge is 1.98. The van der Waals surface area contributed by atoms with Crippen molar-refractivity contribution in [1.82, 2.24) is 4.98 Å². The van der Waals surface area contributed by atoms with E-state index in [9.17, 15) is 0 Å². The van der Waals surface area contributed by atoms with Crippen LogP contribution >= 0.6 is 0 Å². The van der Waals surface area contributed by atoms with Crippen molar-refractivity contribution in [3.63, 3.8) is 0 Å². The molecule has 0 aromatic carbocycles. The van der Waals surface area contributed by atoms with Gasteiger partial charge in [-0.2, -0.15) is 0 Å². The van der Waals surface area contributed by atoms with Crippen molar-refractivity contribution in [1.29, 1.82) is 0 Å². The van der Waals surface area contributed by atoms with Gasteiger partial charge in [0.2, 0.25) is 0 Å². The Kier molecular flexibility index (Phi) is 2.26. The zero-order chi connectivity index (χ0) is 8.27. The molecular weight excluding hydrogens is 136 g/mol. The molecule has 58 valence electrons. The summed E-state index contributed by atoms with van der Waals surface area (Å²) in [7, 11) is 0. The summed E-state index contributed by atoms with van der Waals surface area (Å²) in [6.07, 6.45) is 3.68. The average molecular weight is 148 g/mol. The number of aliphatic imine (C=N–C) groups is 1. The van der Waals surface area contributed by atoms with Crippen molar-refractivity contribution in [2.75, 3.05) is 0 Å². The number of H-pyrrole nitrogens is 1. The SMILES string of the molecule is C=N/C=C(/C)c1cc[nH]c1C. The third-order valence-corrected chi connectivity index (χ3v) is 1.66. The third kappa shape index (κ3) is 1.58. The van der Waals surface area contributed by atoms with Crippen molar-refractivity contribution in [2.24, 2.45) is 4.99 Å². The van der Waals surface area contributed by atoms with Gasteiger partial charge in [-0.25, -0.2) is 0 Å². The van der Waals surface area contributed by atoms with E-state index in [1.807, 2.05) is 26.1 Å². The van der Waals surface area contributed by atoms with E-state index in [1.54, 1.807) is 6.20 Å². The number of nitrogens with zero attached hydrogens (tertiary/aromatic N) is 1. The van der Waals surface area contributed by atoms with Crippen LogP contribution in [0.4, 0.5) is 0 Å². The Morgan fingerprint density at radius 3 is 2.91 bits per heavy atom. The summed E-state index contributed by atoms with van der Waals surface area (Å²) >= 11 is 0. The van der Waals surface area contributed by atoms with E-state index in [0.717, 1.165) is 5.57 Å². The van der Waals surface area contributed by atoms with E-state index in [1.165, 1.54) is 11.3 Å². The first-order valence-electron chi connectivity index (χ1n) is 3.52. The van der Waals surface area contributed by atoms with Crippen LogP contribution in [-0.2, 0) is 0 Å². The molecule has 0 radical (unpaired) electrons. The van der Waals surface area contributed by atoms with Gasteiger partial charge < -0.3 is 4.98 Å². The van der Waals surface area contributed by atoms with Gasteiger partial charge in [0.1, 0.15) is 0 Å². The number of nitrogens with one attached hydrogen (secondary N) is 1. The number of allylic oxidation sites excluding steroid dienone is 1. The number of hydrogen-bond acceptors (Lipinski definition) is 1. The van der Waals surface area contributed by atoms with Crippen molar-refractivity contribution in [3.05, 3.63) is 29.7 Å². The first-order chi connectivity index (χ1) is 5.25. The summed E-state index contributed by atoms with van der Waals surface area (Å²) < 4.78 is 0. The molecule has 1 aromatic rings. The van der Waals surface area contributed by atoms with Crippen LogP contribution < -0.4 is 0 Å². The Balaban J connectivity index is 3.01. The number of rotatable bonds is 2. The molecule has 1 aromatic heterocycles. The fourth-order valence-electron chi connectivity index (χ4n) is 1.09. The summed E-state index contributed by atoms with van der Waals surface area (Å²) in [6, 6.07) is 2.03. The van der Waals surface area contributed by atoms with Crippen LogP contribution in [0.15, 0.2) is 23.5 Å². The molecule has 0 saturated carbocycles. The lowest BCUT2D eigenvalue weighted by Gasteiger charge is -1.96. The molecule has 1 N–H and O–H groups in total. The number of aromatic amines is 1. The first-order valence-corrected chi connectivity index (χ1v) is 3.52. The van der Waals surface area contributed by atoms with Crippen molar-refractivity contribution in [2.45, 2.75) is 13.8 Å². The van der Waals surface area contributed by atoms with Gasteiger partial charge in [0.05, 0.1) is 0 Å². The summed E-state index contributed by atoms with van der Waals surface area (Å²) in [5.74, 6) is 0. The van der Waals surface area contributed by atoms with Crippen molar-refractivity contribution in [3.8, 4) is 0 Å². The van der Waals surface area contributed by atoms with E-state index >= 15 is 0 Å². The van der Waals surface area contributed by atoms with E-state index < -0.39 is 0 Å². The number of aryl methyl sites for hydroxylation is 1. The molecule has 2 nitrogen and oxygen atoms in total. The highest BCUT2D eigenvalue weighted by Crippen LogP contribution is 2.16. The van der Waals surface area contributed by atoms with Crippen LogP contribution in [0.1, 0.15) is 18.2 Å². The smallest absolute Gasteiger partial charge is 0.0296 e. The van der Waals surface area contributed by atoms with Gasteiger partial charge in [-0.05, 0) is 37.8 Å². The van der Waals surface area contributed by atoms with Crippen LogP contribution in [0.2, 0.25) is 0 Å². The Labute approximate surface area is 66.7 Å². The van der Waals surface area contributed by atoms with Gasteiger partial charge in [0, 0.05) is 18.1 Å². The third-order valence-electron chi connectivity index (χ3n) is 1.66. The Hall–Kier alpha value is -1.31. The van der Waals surface area contributed by atoms with Gasteiger partial charge in [-0.15, -0.1) is 0 Å². The van der Waals surface area contributed by atoms with E-state index in [2.05, 4.69) is 16.7 Å².